The van der Waals surface area contributed by atoms with Crippen molar-refractivity contribution < 1.29 is 32.6 Å². The molecule has 1 aliphatic heterocycles. The van der Waals surface area contributed by atoms with Gasteiger partial charge in [-0.3, -0.25) is 9.59 Å². The van der Waals surface area contributed by atoms with Crippen molar-refractivity contribution in [2.45, 2.75) is 86.0 Å². The normalized spacial score (nSPS) is 16.8. The molecule has 2 aromatic rings. The number of nitrogens with zero attached hydrogens (tertiary/aromatic N) is 1. The molecule has 0 aliphatic carbocycles. The quantitative estimate of drug-likeness (QED) is 0.396. The highest BCUT2D eigenvalue weighted by Crippen LogP contribution is 2.35. The van der Waals surface area contributed by atoms with E-state index in [1.54, 1.807) is 7.11 Å². The lowest BCUT2D eigenvalue weighted by Gasteiger charge is -2.30. The third-order valence-corrected chi connectivity index (χ3v) is 5.95. The Bertz CT molecular complexity index is 931. The highest BCUT2D eigenvalue weighted by Gasteiger charge is 2.40. The summed E-state index contributed by atoms with van der Waals surface area (Å²) >= 11 is 0. The average Bonchev–Trinajstić information content (AvgIpc) is 3.26. The number of hydrogen-bond donors (Lipinski definition) is 2. The van der Waals surface area contributed by atoms with Crippen LogP contribution in [0.4, 0.5) is 13.2 Å². The lowest BCUT2D eigenvalue weighted by molar-refractivity contribution is -0.162. The second-order valence-corrected chi connectivity index (χ2v) is 10.1. The van der Waals surface area contributed by atoms with Gasteiger partial charge in [0.05, 0.1) is 7.11 Å². The zero-order valence-corrected chi connectivity index (χ0v) is 23.8. The van der Waals surface area contributed by atoms with Crippen molar-refractivity contribution in [3.8, 4) is 5.75 Å². The molecule has 216 valence electrons. The van der Waals surface area contributed by atoms with Crippen molar-refractivity contribution in [3.63, 3.8) is 0 Å². The number of alkyl halides is 3. The molecule has 9 heteroatoms. The number of nitrogens with two attached hydrogens (primary N) is 1. The first-order valence-corrected chi connectivity index (χ1v) is 13.0. The summed E-state index contributed by atoms with van der Waals surface area (Å²) in [6, 6.07) is 12.2. The molecular weight excluding hydrogens is 497 g/mol. The summed E-state index contributed by atoms with van der Waals surface area (Å²) in [5.74, 6) is 0.459. The van der Waals surface area contributed by atoms with E-state index in [-0.39, 0.29) is 17.9 Å². The minimum absolute atomic E-state index is 0.0179. The van der Waals surface area contributed by atoms with Crippen LogP contribution in [0.2, 0.25) is 0 Å². The van der Waals surface area contributed by atoms with Crippen molar-refractivity contribution in [1.82, 2.24) is 4.90 Å². The number of carbonyl (C=O) groups is 2. The molecule has 1 fully saturated rings. The molecule has 2 aromatic carbocycles. The third-order valence-electron chi connectivity index (χ3n) is 5.95. The lowest BCUT2D eigenvalue weighted by atomic mass is 9.86. The Balaban J connectivity index is 0.000000633. The van der Waals surface area contributed by atoms with Crippen molar-refractivity contribution in [1.29, 1.82) is 0 Å². The second kappa shape index (κ2) is 16.9. The fourth-order valence-electron chi connectivity index (χ4n) is 4.32. The van der Waals surface area contributed by atoms with Gasteiger partial charge in [-0.25, -0.2) is 0 Å². The zero-order chi connectivity index (χ0) is 29.5. The highest BCUT2D eigenvalue weighted by molar-refractivity contribution is 5.84. The minimum atomic E-state index is -4.41. The summed E-state index contributed by atoms with van der Waals surface area (Å²) in [5.41, 5.74) is 6.75. The Hall–Kier alpha value is -2.81. The summed E-state index contributed by atoms with van der Waals surface area (Å²) in [6.07, 6.45) is -3.24. The molecule has 2 atom stereocenters. The summed E-state index contributed by atoms with van der Waals surface area (Å²) < 4.78 is 42.2. The van der Waals surface area contributed by atoms with E-state index in [2.05, 4.69) is 32.9 Å². The van der Waals surface area contributed by atoms with Gasteiger partial charge in [-0.05, 0) is 58.7 Å². The van der Waals surface area contributed by atoms with E-state index >= 15 is 0 Å². The maximum absolute atomic E-state index is 12.4. The Labute approximate surface area is 225 Å². The second-order valence-electron chi connectivity index (χ2n) is 10.1. The Morgan fingerprint density at radius 3 is 2.16 bits per heavy atom. The molecule has 3 N–H and O–H groups in total. The van der Waals surface area contributed by atoms with Crippen LogP contribution in [0.15, 0.2) is 36.4 Å². The van der Waals surface area contributed by atoms with Gasteiger partial charge in [-0.1, -0.05) is 66.2 Å². The summed E-state index contributed by atoms with van der Waals surface area (Å²) in [7, 11) is 1.68. The van der Waals surface area contributed by atoms with Crippen LogP contribution < -0.4 is 10.5 Å². The van der Waals surface area contributed by atoms with Crippen LogP contribution in [-0.2, 0) is 16.1 Å². The van der Waals surface area contributed by atoms with Crippen LogP contribution in [0, 0.1) is 11.3 Å². The largest absolute Gasteiger partial charge is 0.497 e. The van der Waals surface area contributed by atoms with Gasteiger partial charge in [0.2, 0.25) is 5.91 Å². The fourth-order valence-corrected chi connectivity index (χ4v) is 4.32. The van der Waals surface area contributed by atoms with Gasteiger partial charge >= 0.3 is 6.18 Å². The predicted octanol–water partition coefficient (Wildman–Crippen LogP) is 7.04. The van der Waals surface area contributed by atoms with E-state index in [4.69, 9.17) is 20.4 Å². The smallest absolute Gasteiger partial charge is 0.397 e. The molecule has 0 spiro atoms. The van der Waals surface area contributed by atoms with Crippen molar-refractivity contribution in [3.05, 3.63) is 42.0 Å². The van der Waals surface area contributed by atoms with Crippen LogP contribution in [0.3, 0.4) is 0 Å². The van der Waals surface area contributed by atoms with E-state index in [9.17, 15) is 18.0 Å². The number of benzene rings is 2. The predicted molar refractivity (Wildman–Crippen MR) is 147 cm³/mol. The van der Waals surface area contributed by atoms with Crippen molar-refractivity contribution in [2.24, 2.45) is 17.1 Å². The van der Waals surface area contributed by atoms with E-state index in [0.717, 1.165) is 30.6 Å². The first-order chi connectivity index (χ1) is 17.8. The molecule has 2 unspecified atom stereocenters. The molecule has 38 heavy (non-hydrogen) atoms. The average molecular weight is 543 g/mol. The van der Waals surface area contributed by atoms with Crippen molar-refractivity contribution >= 4 is 23.2 Å². The van der Waals surface area contributed by atoms with Crippen LogP contribution in [0.5, 0.6) is 5.75 Å². The minimum Gasteiger partial charge on any atom is -0.497 e. The third kappa shape index (κ3) is 13.1. The topological polar surface area (TPSA) is 92.9 Å². The zero-order valence-electron chi connectivity index (χ0n) is 23.8. The van der Waals surface area contributed by atoms with E-state index in [1.165, 1.54) is 15.7 Å². The molecule has 0 bridgehead atoms. The van der Waals surface area contributed by atoms with Crippen LogP contribution >= 0.6 is 0 Å². The van der Waals surface area contributed by atoms with Gasteiger partial charge in [0, 0.05) is 19.1 Å². The van der Waals surface area contributed by atoms with Gasteiger partial charge < -0.3 is 20.5 Å². The van der Waals surface area contributed by atoms with Crippen LogP contribution in [0.1, 0.15) is 72.8 Å². The van der Waals surface area contributed by atoms with Crippen LogP contribution in [-0.4, -0.2) is 48.3 Å². The Morgan fingerprint density at radius 1 is 1.13 bits per heavy atom. The molecule has 0 radical (unpaired) electrons. The van der Waals surface area contributed by atoms with Gasteiger partial charge in [-0.2, -0.15) is 13.2 Å². The first kappa shape index (κ1) is 35.2. The first-order valence-electron chi connectivity index (χ1n) is 13.0. The van der Waals surface area contributed by atoms with Gasteiger partial charge in [0.1, 0.15) is 12.2 Å². The number of rotatable bonds is 5. The number of hydrogen-bond acceptors (Lipinski definition) is 4. The van der Waals surface area contributed by atoms with E-state index in [1.807, 2.05) is 45.0 Å². The number of halogens is 3. The molecule has 6 nitrogen and oxygen atoms in total. The molecule has 3 rings (SSSR count). The van der Waals surface area contributed by atoms with E-state index in [0.29, 0.717) is 19.0 Å². The van der Waals surface area contributed by atoms with Gasteiger partial charge in [0.25, 0.3) is 6.47 Å². The molecule has 0 saturated carbocycles. The molecule has 1 saturated heterocycles. The number of likely N-dealkylation sites (tertiary alicyclic amines) is 1. The maximum atomic E-state index is 12.4. The van der Waals surface area contributed by atoms with E-state index < -0.39 is 18.5 Å². The fraction of sp³-hybridized carbons (Fsp3) is 0.586. The number of carbonyl (C=O) groups excluding carboxylic acids is 1. The van der Waals surface area contributed by atoms with Gasteiger partial charge in [0.15, 0.2) is 0 Å². The molecular formula is C29H45F3N2O4. The number of methoxy groups -OCH3 is 1. The van der Waals surface area contributed by atoms with Crippen molar-refractivity contribution in [2.75, 3.05) is 13.7 Å². The maximum Gasteiger partial charge on any atom is 0.397 e. The molecule has 1 amide bonds. The summed E-state index contributed by atoms with van der Waals surface area (Å²) in [6.45, 7) is 13.0. The summed E-state index contributed by atoms with van der Waals surface area (Å²) in [5, 5.41) is 9.27. The Kier molecular flexibility index (Phi) is 15.7. The Morgan fingerprint density at radius 2 is 1.68 bits per heavy atom. The number of ether oxygens (including phenoxy) is 1. The monoisotopic (exact) mass is 542 g/mol. The van der Waals surface area contributed by atoms with Crippen LogP contribution in [0.25, 0.3) is 10.8 Å². The molecule has 0 aromatic heterocycles. The molecule has 1 aliphatic rings. The van der Waals surface area contributed by atoms with Gasteiger partial charge in [-0.15, -0.1) is 0 Å². The highest BCUT2D eigenvalue weighted by atomic mass is 19.4. The number of fused-ring (bicyclic) bond motifs is 1. The number of carboxylic acid groups (broad SMARTS) is 1. The standard InChI is InChI=1S/C14H24F3NO.C12H13NO.C2H6.CH2O2/c1-5-10-6-11(7-13(2,3)4)18(9-10)12(19)8-14(15,16)17;1-14-12-5-4-10-6-9(8-13)2-3-11(10)7-12;1-2;2-1-3/h10-11H,5-9H2,1-4H3;2-7H,8,13H2,1H3;1-2H3;1H,(H,2,3). The summed E-state index contributed by atoms with van der Waals surface area (Å²) in [4.78, 5) is 21.7. The number of amides is 1. The SMILES string of the molecule is CC.CCC1CC(CC(C)(C)C)N(C(=O)CC(F)(F)F)C1.COc1ccc2cc(CN)ccc2c1.O=CO. The lowest BCUT2D eigenvalue weighted by Crippen LogP contribution is -2.39. The molecule has 1 heterocycles.